The van der Waals surface area contributed by atoms with Crippen molar-refractivity contribution in [3.05, 3.63) is 35.9 Å². The molecule has 0 aliphatic heterocycles. The van der Waals surface area contributed by atoms with Crippen LogP contribution in [0, 0.1) is 0 Å². The van der Waals surface area contributed by atoms with Gasteiger partial charge in [0.2, 0.25) is 5.91 Å². The first-order valence-corrected chi connectivity index (χ1v) is 6.28. The summed E-state index contributed by atoms with van der Waals surface area (Å²) in [5.74, 6) is -0.623. The fourth-order valence-corrected chi connectivity index (χ4v) is 1.71. The van der Waals surface area contributed by atoms with Crippen LogP contribution in [0.2, 0.25) is 0 Å². The Morgan fingerprint density at radius 3 is 2.58 bits per heavy atom. The first-order chi connectivity index (χ1) is 9.17. The summed E-state index contributed by atoms with van der Waals surface area (Å²) in [6, 6.07) is 8.83. The van der Waals surface area contributed by atoms with Crippen molar-refractivity contribution in [1.29, 1.82) is 0 Å². The number of rotatable bonds is 7. The highest BCUT2D eigenvalue weighted by atomic mass is 16.5. The summed E-state index contributed by atoms with van der Waals surface area (Å²) in [4.78, 5) is 23.3. The smallest absolute Gasteiger partial charge is 0.328 e. The fraction of sp³-hybridized carbons (Fsp3) is 0.429. The van der Waals surface area contributed by atoms with E-state index in [0.29, 0.717) is 25.8 Å². The van der Waals surface area contributed by atoms with Crippen LogP contribution in [-0.2, 0) is 20.7 Å². The number of benzene rings is 1. The minimum atomic E-state index is -0.655. The molecule has 0 heterocycles. The minimum Gasteiger partial charge on any atom is -0.467 e. The predicted octanol–water partition coefficient (Wildman–Crippen LogP) is 0.626. The fourth-order valence-electron chi connectivity index (χ4n) is 1.71. The van der Waals surface area contributed by atoms with E-state index in [0.717, 1.165) is 5.56 Å². The average Bonchev–Trinajstić information content (AvgIpc) is 2.44. The van der Waals surface area contributed by atoms with E-state index in [-0.39, 0.29) is 5.91 Å². The highest BCUT2D eigenvalue weighted by molar-refractivity contribution is 5.84. The summed E-state index contributed by atoms with van der Waals surface area (Å²) in [5.41, 5.74) is 6.31. The largest absolute Gasteiger partial charge is 0.467 e. The van der Waals surface area contributed by atoms with Crippen LogP contribution in [0.5, 0.6) is 0 Å². The molecule has 0 saturated carbocycles. The summed E-state index contributed by atoms with van der Waals surface area (Å²) >= 11 is 0. The van der Waals surface area contributed by atoms with E-state index < -0.39 is 12.0 Å². The third-order valence-corrected chi connectivity index (χ3v) is 2.71. The zero-order valence-corrected chi connectivity index (χ0v) is 11.1. The van der Waals surface area contributed by atoms with E-state index in [1.807, 2.05) is 30.3 Å². The highest BCUT2D eigenvalue weighted by Gasteiger charge is 2.21. The molecule has 0 aliphatic rings. The van der Waals surface area contributed by atoms with E-state index >= 15 is 0 Å². The Morgan fingerprint density at radius 2 is 2.00 bits per heavy atom. The summed E-state index contributed by atoms with van der Waals surface area (Å²) in [6.45, 7) is 0.453. The Balaban J connectivity index is 2.62. The Bertz CT molecular complexity index is 406. The van der Waals surface area contributed by atoms with E-state index in [4.69, 9.17) is 10.5 Å². The van der Waals surface area contributed by atoms with Crippen LogP contribution < -0.4 is 11.1 Å². The number of nitrogens with two attached hydrogens (primary N) is 1. The van der Waals surface area contributed by atoms with E-state index in [1.165, 1.54) is 7.11 Å². The summed E-state index contributed by atoms with van der Waals surface area (Å²) < 4.78 is 4.71. The number of carbonyl (C=O) groups is 2. The molecule has 1 amide bonds. The van der Waals surface area contributed by atoms with E-state index in [1.54, 1.807) is 0 Å². The second-order valence-electron chi connectivity index (χ2n) is 4.23. The normalized spacial score (nSPS) is 11.7. The van der Waals surface area contributed by atoms with Crippen LogP contribution in [0.4, 0.5) is 0 Å². The third kappa shape index (κ3) is 5.52. The summed E-state index contributed by atoms with van der Waals surface area (Å²) in [5, 5.41) is 2.68. The standard InChI is InChI=1S/C14H20N2O3/c1-19-14(18)12(16-13(17)8-5-9-15)10-11-6-3-2-4-7-11/h2-4,6-7,12H,5,8-10,15H2,1H3,(H,16,17). The van der Waals surface area contributed by atoms with Crippen molar-refractivity contribution in [2.45, 2.75) is 25.3 Å². The number of methoxy groups -OCH3 is 1. The number of carbonyl (C=O) groups excluding carboxylic acids is 2. The number of esters is 1. The van der Waals surface area contributed by atoms with Crippen LogP contribution in [0.25, 0.3) is 0 Å². The number of ether oxygens (including phenoxy) is 1. The van der Waals surface area contributed by atoms with Gasteiger partial charge in [0, 0.05) is 12.8 Å². The van der Waals surface area contributed by atoms with Crippen LogP contribution in [0.3, 0.4) is 0 Å². The number of hydrogen-bond acceptors (Lipinski definition) is 4. The van der Waals surface area contributed by atoms with Crippen molar-refractivity contribution in [2.24, 2.45) is 5.73 Å². The van der Waals surface area contributed by atoms with E-state index in [9.17, 15) is 9.59 Å². The Labute approximate surface area is 113 Å². The highest BCUT2D eigenvalue weighted by Crippen LogP contribution is 2.05. The number of nitrogens with one attached hydrogen (secondary N) is 1. The molecule has 1 aromatic carbocycles. The first-order valence-electron chi connectivity index (χ1n) is 6.28. The van der Waals surface area contributed by atoms with Crippen molar-refractivity contribution in [3.63, 3.8) is 0 Å². The maximum atomic E-state index is 11.7. The van der Waals surface area contributed by atoms with Gasteiger partial charge in [0.15, 0.2) is 0 Å². The Hall–Kier alpha value is -1.88. The number of hydrogen-bond donors (Lipinski definition) is 2. The molecule has 0 aliphatic carbocycles. The van der Waals surface area contributed by atoms with Crippen molar-refractivity contribution in [3.8, 4) is 0 Å². The zero-order valence-electron chi connectivity index (χ0n) is 11.1. The lowest BCUT2D eigenvalue weighted by Crippen LogP contribution is -2.43. The topological polar surface area (TPSA) is 81.4 Å². The molecule has 5 nitrogen and oxygen atoms in total. The molecule has 0 fully saturated rings. The van der Waals surface area contributed by atoms with Gasteiger partial charge in [-0.2, -0.15) is 0 Å². The van der Waals surface area contributed by atoms with Gasteiger partial charge < -0.3 is 15.8 Å². The van der Waals surface area contributed by atoms with Crippen LogP contribution >= 0.6 is 0 Å². The molecule has 0 radical (unpaired) electrons. The summed E-state index contributed by atoms with van der Waals surface area (Å²) in [7, 11) is 1.31. The van der Waals surface area contributed by atoms with Crippen molar-refractivity contribution in [2.75, 3.05) is 13.7 Å². The predicted molar refractivity (Wildman–Crippen MR) is 72.4 cm³/mol. The molecule has 0 spiro atoms. The second-order valence-corrected chi connectivity index (χ2v) is 4.23. The van der Waals surface area contributed by atoms with Gasteiger partial charge in [-0.1, -0.05) is 30.3 Å². The lowest BCUT2D eigenvalue weighted by Gasteiger charge is -2.16. The van der Waals surface area contributed by atoms with Gasteiger partial charge in [0.25, 0.3) is 0 Å². The SMILES string of the molecule is COC(=O)C(Cc1ccccc1)NC(=O)CCCN. The molecule has 1 unspecified atom stereocenters. The molecule has 3 N–H and O–H groups in total. The third-order valence-electron chi connectivity index (χ3n) is 2.71. The minimum absolute atomic E-state index is 0.184. The molecule has 1 rings (SSSR count). The lowest BCUT2D eigenvalue weighted by atomic mass is 10.1. The zero-order chi connectivity index (χ0) is 14.1. The number of amides is 1. The molecule has 104 valence electrons. The van der Waals surface area contributed by atoms with Gasteiger partial charge in [-0.05, 0) is 18.5 Å². The Kier molecular flexibility index (Phi) is 6.60. The molecular weight excluding hydrogens is 244 g/mol. The molecule has 1 aromatic rings. The summed E-state index contributed by atoms with van der Waals surface area (Å²) in [6.07, 6.45) is 1.34. The molecular formula is C14H20N2O3. The molecule has 19 heavy (non-hydrogen) atoms. The van der Waals surface area contributed by atoms with Gasteiger partial charge in [-0.25, -0.2) is 4.79 Å². The maximum Gasteiger partial charge on any atom is 0.328 e. The first kappa shape index (κ1) is 15.2. The van der Waals surface area contributed by atoms with Gasteiger partial charge >= 0.3 is 5.97 Å². The van der Waals surface area contributed by atoms with E-state index in [2.05, 4.69) is 5.32 Å². The van der Waals surface area contributed by atoms with Gasteiger partial charge in [-0.15, -0.1) is 0 Å². The second kappa shape index (κ2) is 8.26. The quantitative estimate of drug-likeness (QED) is 0.708. The molecule has 0 aromatic heterocycles. The van der Waals surface area contributed by atoms with Crippen LogP contribution in [0.1, 0.15) is 18.4 Å². The van der Waals surface area contributed by atoms with Crippen molar-refractivity contribution in [1.82, 2.24) is 5.32 Å². The maximum absolute atomic E-state index is 11.7. The monoisotopic (exact) mass is 264 g/mol. The molecule has 1 atom stereocenters. The van der Waals surface area contributed by atoms with Gasteiger partial charge in [0.05, 0.1) is 7.11 Å². The molecule has 0 bridgehead atoms. The molecule has 5 heteroatoms. The van der Waals surface area contributed by atoms with Gasteiger partial charge in [0.1, 0.15) is 6.04 Å². The van der Waals surface area contributed by atoms with Crippen molar-refractivity contribution < 1.29 is 14.3 Å². The van der Waals surface area contributed by atoms with Crippen LogP contribution in [0.15, 0.2) is 30.3 Å². The Morgan fingerprint density at radius 1 is 1.32 bits per heavy atom. The average molecular weight is 264 g/mol. The molecule has 0 saturated heterocycles. The van der Waals surface area contributed by atoms with Crippen LogP contribution in [-0.4, -0.2) is 31.6 Å². The van der Waals surface area contributed by atoms with Gasteiger partial charge in [-0.3, -0.25) is 4.79 Å². The van der Waals surface area contributed by atoms with Crippen molar-refractivity contribution >= 4 is 11.9 Å². The lowest BCUT2D eigenvalue weighted by molar-refractivity contribution is -0.145.